The Morgan fingerprint density at radius 1 is 1.12 bits per heavy atom. The third kappa shape index (κ3) is 3.28. The molecule has 3 heterocycles. The number of fused-ring (bicyclic) bond motifs is 1. The fourth-order valence-electron chi connectivity index (χ4n) is 3.87. The molecular formula is C24H18N2O4S2. The second-order valence-corrected chi connectivity index (χ2v) is 9.35. The zero-order valence-electron chi connectivity index (χ0n) is 17.0. The number of carbonyl (C=O) groups is 2. The molecule has 2 aromatic carbocycles. The molecule has 0 fully saturated rings. The number of aliphatic hydroxyl groups is 1. The summed E-state index contributed by atoms with van der Waals surface area (Å²) >= 11 is 2.57. The molecule has 1 aliphatic heterocycles. The van der Waals surface area contributed by atoms with E-state index < -0.39 is 23.5 Å². The number of aromatic nitrogens is 1. The molecule has 160 valence electrons. The molecule has 1 atom stereocenters. The molecule has 32 heavy (non-hydrogen) atoms. The third-order valence-corrected chi connectivity index (χ3v) is 7.33. The van der Waals surface area contributed by atoms with Crippen LogP contribution in [0.4, 0.5) is 5.13 Å². The van der Waals surface area contributed by atoms with Crippen molar-refractivity contribution in [3.63, 3.8) is 0 Å². The Bertz CT molecular complexity index is 1390. The van der Waals surface area contributed by atoms with Gasteiger partial charge in [0.1, 0.15) is 5.75 Å². The van der Waals surface area contributed by atoms with Crippen molar-refractivity contribution in [2.24, 2.45) is 0 Å². The van der Waals surface area contributed by atoms with Crippen molar-refractivity contribution in [2.45, 2.75) is 19.4 Å². The normalized spacial score (nSPS) is 16.3. The molecule has 0 bridgehead atoms. The molecule has 0 aliphatic carbocycles. The van der Waals surface area contributed by atoms with Gasteiger partial charge < -0.3 is 10.2 Å². The second-order valence-electron chi connectivity index (χ2n) is 7.39. The van der Waals surface area contributed by atoms with E-state index >= 15 is 0 Å². The van der Waals surface area contributed by atoms with Gasteiger partial charge in [-0.15, -0.1) is 11.3 Å². The molecule has 5 rings (SSSR count). The lowest BCUT2D eigenvalue weighted by atomic mass is 9.95. The monoisotopic (exact) mass is 462 g/mol. The van der Waals surface area contributed by atoms with Crippen molar-refractivity contribution in [2.75, 3.05) is 4.90 Å². The summed E-state index contributed by atoms with van der Waals surface area (Å²) in [5.41, 5.74) is 2.38. The van der Waals surface area contributed by atoms with Crippen molar-refractivity contribution < 1.29 is 19.8 Å². The Balaban J connectivity index is 1.68. The van der Waals surface area contributed by atoms with E-state index in [0.29, 0.717) is 15.6 Å². The van der Waals surface area contributed by atoms with E-state index in [0.717, 1.165) is 22.2 Å². The lowest BCUT2D eigenvalue weighted by Gasteiger charge is -2.24. The molecule has 0 saturated carbocycles. The SMILES string of the molecule is CCc1ccc2nc(N3C(=O)C(O)=C(C(=O)c4cccs4)[C@@H]3c3cccc(O)c3)sc2c1. The molecule has 2 N–H and O–H groups in total. The van der Waals surface area contributed by atoms with Crippen molar-refractivity contribution in [3.05, 3.63) is 87.3 Å². The van der Waals surface area contributed by atoms with Crippen molar-refractivity contribution in [1.82, 2.24) is 4.98 Å². The van der Waals surface area contributed by atoms with Crippen LogP contribution >= 0.6 is 22.7 Å². The lowest BCUT2D eigenvalue weighted by molar-refractivity contribution is -0.117. The first-order valence-corrected chi connectivity index (χ1v) is 11.7. The van der Waals surface area contributed by atoms with Gasteiger partial charge in [-0.1, -0.05) is 42.5 Å². The maximum Gasteiger partial charge on any atom is 0.296 e. The number of ketones is 1. The number of rotatable bonds is 5. The molecule has 0 unspecified atom stereocenters. The van der Waals surface area contributed by atoms with Crippen LogP contribution in [0.15, 0.2) is 71.3 Å². The van der Waals surface area contributed by atoms with Gasteiger partial charge in [0.25, 0.3) is 5.91 Å². The molecule has 1 aliphatic rings. The van der Waals surface area contributed by atoms with E-state index in [4.69, 9.17) is 0 Å². The Kier molecular flexibility index (Phi) is 5.03. The van der Waals surface area contributed by atoms with E-state index in [9.17, 15) is 19.8 Å². The van der Waals surface area contributed by atoms with Gasteiger partial charge in [-0.3, -0.25) is 14.5 Å². The number of anilines is 1. The molecule has 0 radical (unpaired) electrons. The number of aryl methyl sites for hydroxylation is 1. The number of aliphatic hydroxyl groups excluding tert-OH is 1. The molecule has 4 aromatic rings. The van der Waals surface area contributed by atoms with Crippen molar-refractivity contribution >= 4 is 49.7 Å². The summed E-state index contributed by atoms with van der Waals surface area (Å²) in [7, 11) is 0. The van der Waals surface area contributed by atoms with E-state index in [1.54, 1.807) is 29.6 Å². The smallest absolute Gasteiger partial charge is 0.296 e. The molecule has 0 spiro atoms. The van der Waals surface area contributed by atoms with Gasteiger partial charge in [0.2, 0.25) is 5.78 Å². The number of amides is 1. The summed E-state index contributed by atoms with van der Waals surface area (Å²) in [6.45, 7) is 2.06. The van der Waals surface area contributed by atoms with Crippen LogP contribution in [0.5, 0.6) is 5.75 Å². The maximum absolute atomic E-state index is 13.3. The van der Waals surface area contributed by atoms with Gasteiger partial charge in [-0.05, 0) is 53.3 Å². The zero-order valence-corrected chi connectivity index (χ0v) is 18.6. The summed E-state index contributed by atoms with van der Waals surface area (Å²) in [6.07, 6.45) is 0.875. The molecule has 1 amide bonds. The van der Waals surface area contributed by atoms with Crippen LogP contribution in [0.1, 0.15) is 33.8 Å². The predicted molar refractivity (Wildman–Crippen MR) is 126 cm³/mol. The van der Waals surface area contributed by atoms with Crippen LogP contribution < -0.4 is 4.90 Å². The Morgan fingerprint density at radius 2 is 1.97 bits per heavy atom. The minimum absolute atomic E-state index is 0.00102. The highest BCUT2D eigenvalue weighted by Crippen LogP contribution is 2.45. The average molecular weight is 463 g/mol. The number of phenols is 1. The topological polar surface area (TPSA) is 90.7 Å². The van der Waals surface area contributed by atoms with Gasteiger partial charge in [-0.2, -0.15) is 0 Å². The average Bonchev–Trinajstić information content (AvgIpc) is 3.51. The van der Waals surface area contributed by atoms with E-state index in [-0.39, 0.29) is 11.3 Å². The number of benzene rings is 2. The Hall–Kier alpha value is -3.49. The standard InChI is InChI=1S/C24H18N2O4S2/c1-2-13-8-9-16-18(11-13)32-24(25-16)26-20(14-5-3-6-15(27)12-14)19(22(29)23(26)30)21(28)17-7-4-10-31-17/h3-12,20,27,29H,2H2,1H3/t20-/m0/s1. The number of nitrogens with zero attached hydrogens (tertiary/aromatic N) is 2. The summed E-state index contributed by atoms with van der Waals surface area (Å²) in [5.74, 6) is -1.70. The number of Topliss-reactive ketones (excluding diaryl/α,β-unsaturated/α-hetero) is 1. The van der Waals surface area contributed by atoms with E-state index in [1.165, 1.54) is 39.7 Å². The first-order valence-electron chi connectivity index (χ1n) is 10.0. The molecule has 8 heteroatoms. The summed E-state index contributed by atoms with van der Waals surface area (Å²) in [6, 6.07) is 14.8. The molecule has 0 saturated heterocycles. The highest BCUT2D eigenvalue weighted by Gasteiger charge is 2.46. The van der Waals surface area contributed by atoms with Gasteiger partial charge in [0.15, 0.2) is 10.9 Å². The minimum atomic E-state index is -0.907. The highest BCUT2D eigenvalue weighted by atomic mass is 32.1. The van der Waals surface area contributed by atoms with Crippen LogP contribution in [0.3, 0.4) is 0 Å². The number of aromatic hydroxyl groups is 1. The van der Waals surface area contributed by atoms with Gasteiger partial charge in [0, 0.05) is 0 Å². The number of hydrogen-bond donors (Lipinski definition) is 2. The Morgan fingerprint density at radius 3 is 2.69 bits per heavy atom. The number of thiazole rings is 1. The van der Waals surface area contributed by atoms with Gasteiger partial charge in [-0.25, -0.2) is 4.98 Å². The fourth-order valence-corrected chi connectivity index (χ4v) is 5.60. The van der Waals surface area contributed by atoms with Crippen molar-refractivity contribution in [3.8, 4) is 5.75 Å². The predicted octanol–water partition coefficient (Wildman–Crippen LogP) is 5.41. The number of carbonyl (C=O) groups excluding carboxylic acids is 2. The first-order chi connectivity index (χ1) is 15.5. The number of hydrogen-bond acceptors (Lipinski definition) is 7. The third-order valence-electron chi connectivity index (χ3n) is 5.44. The lowest BCUT2D eigenvalue weighted by Crippen LogP contribution is -2.30. The Labute approximate surface area is 191 Å². The number of phenolic OH excluding ortho intramolecular Hbond substituents is 1. The van der Waals surface area contributed by atoms with Crippen LogP contribution in [0.2, 0.25) is 0 Å². The summed E-state index contributed by atoms with van der Waals surface area (Å²) in [5, 5.41) is 23.0. The molecule has 2 aromatic heterocycles. The molecular weight excluding hydrogens is 444 g/mol. The molecule has 6 nitrogen and oxygen atoms in total. The highest BCUT2D eigenvalue weighted by molar-refractivity contribution is 7.22. The van der Waals surface area contributed by atoms with Crippen LogP contribution in [-0.4, -0.2) is 26.9 Å². The van der Waals surface area contributed by atoms with Crippen LogP contribution in [0, 0.1) is 0 Å². The first kappa shape index (κ1) is 20.4. The van der Waals surface area contributed by atoms with E-state index in [2.05, 4.69) is 11.9 Å². The van der Waals surface area contributed by atoms with Crippen LogP contribution in [0.25, 0.3) is 10.2 Å². The van der Waals surface area contributed by atoms with Gasteiger partial charge >= 0.3 is 0 Å². The van der Waals surface area contributed by atoms with Crippen LogP contribution in [-0.2, 0) is 11.2 Å². The van der Waals surface area contributed by atoms with E-state index in [1.807, 2.05) is 18.2 Å². The summed E-state index contributed by atoms with van der Waals surface area (Å²) in [4.78, 5) is 32.9. The largest absolute Gasteiger partial charge is 0.508 e. The number of thiophene rings is 1. The maximum atomic E-state index is 13.3. The summed E-state index contributed by atoms with van der Waals surface area (Å²) < 4.78 is 0.916. The van der Waals surface area contributed by atoms with Gasteiger partial charge in [0.05, 0.1) is 26.7 Å². The zero-order chi connectivity index (χ0) is 22.4. The second kappa shape index (κ2) is 7.89. The quantitative estimate of drug-likeness (QED) is 0.387. The van der Waals surface area contributed by atoms with Crippen molar-refractivity contribution in [1.29, 1.82) is 0 Å². The fraction of sp³-hybridized carbons (Fsp3) is 0.125. The minimum Gasteiger partial charge on any atom is -0.508 e.